The molecule has 0 bridgehead atoms. The van der Waals surface area contributed by atoms with Crippen LogP contribution in [0.1, 0.15) is 23.1 Å². The number of benzene rings is 3. The van der Waals surface area contributed by atoms with Gasteiger partial charge in [0.25, 0.3) is 0 Å². The molecule has 0 aromatic heterocycles. The Hall–Kier alpha value is -3.47. The van der Waals surface area contributed by atoms with Crippen molar-refractivity contribution in [2.45, 2.75) is 24.3 Å². The fourth-order valence-electron chi connectivity index (χ4n) is 4.39. The summed E-state index contributed by atoms with van der Waals surface area (Å²) in [5, 5.41) is 0. The number of hydrogen-bond acceptors (Lipinski definition) is 2. The monoisotopic (exact) mass is 402 g/mol. The van der Waals surface area contributed by atoms with Crippen molar-refractivity contribution >= 4 is 11.8 Å². The van der Waals surface area contributed by atoms with Gasteiger partial charge in [0.15, 0.2) is 0 Å². The Bertz CT molecular complexity index is 996. The lowest BCUT2D eigenvalue weighted by Crippen LogP contribution is -2.50. The molecule has 0 saturated carbocycles. The number of rotatable bonds is 6. The number of nitrogens with zero attached hydrogens (tertiary/aromatic N) is 1. The van der Waals surface area contributed by atoms with Crippen LogP contribution in [0.25, 0.3) is 0 Å². The summed E-state index contributed by atoms with van der Waals surface area (Å²) < 4.78 is 13.3. The Labute approximate surface area is 175 Å². The number of halogens is 1. The average Bonchev–Trinajstić information content (AvgIpc) is 3.12. The molecule has 3 aromatic rings. The van der Waals surface area contributed by atoms with Crippen LogP contribution in [-0.4, -0.2) is 29.3 Å². The molecule has 0 spiro atoms. The smallest absolute Gasteiger partial charge is 0.240 e. The molecule has 2 amide bonds. The van der Waals surface area contributed by atoms with Gasteiger partial charge in [0.1, 0.15) is 17.3 Å². The molecule has 0 aliphatic carbocycles. The highest BCUT2D eigenvalue weighted by Crippen LogP contribution is 2.42. The molecule has 1 unspecified atom stereocenters. The van der Waals surface area contributed by atoms with Gasteiger partial charge in [-0.15, -0.1) is 0 Å². The van der Waals surface area contributed by atoms with Crippen LogP contribution in [0.3, 0.4) is 0 Å². The molecule has 1 saturated heterocycles. The van der Waals surface area contributed by atoms with Crippen molar-refractivity contribution in [1.82, 2.24) is 4.90 Å². The van der Waals surface area contributed by atoms with E-state index in [0.29, 0.717) is 13.0 Å². The van der Waals surface area contributed by atoms with E-state index >= 15 is 0 Å². The zero-order valence-electron chi connectivity index (χ0n) is 16.5. The maximum Gasteiger partial charge on any atom is 0.240 e. The number of hydrogen-bond donors (Lipinski definition) is 1. The third-order valence-corrected chi connectivity index (χ3v) is 5.93. The van der Waals surface area contributed by atoms with Crippen LogP contribution in [0, 0.1) is 5.82 Å². The lowest BCUT2D eigenvalue weighted by molar-refractivity contribution is -0.138. The molecule has 1 aliphatic rings. The fraction of sp³-hybridized carbons (Fsp3) is 0.200. The Morgan fingerprint density at radius 1 is 0.933 bits per heavy atom. The summed E-state index contributed by atoms with van der Waals surface area (Å²) in [4.78, 5) is 27.8. The molecule has 30 heavy (non-hydrogen) atoms. The third-order valence-electron chi connectivity index (χ3n) is 5.93. The van der Waals surface area contributed by atoms with Gasteiger partial charge in [-0.3, -0.25) is 9.59 Å². The van der Waals surface area contributed by atoms with Gasteiger partial charge in [0, 0.05) is 13.0 Å². The van der Waals surface area contributed by atoms with Gasteiger partial charge in [-0.2, -0.15) is 0 Å². The summed E-state index contributed by atoms with van der Waals surface area (Å²) in [6.07, 6.45) is 0.800. The first-order valence-electron chi connectivity index (χ1n) is 9.98. The Kier molecular flexibility index (Phi) is 5.36. The van der Waals surface area contributed by atoms with Gasteiger partial charge in [0.2, 0.25) is 11.8 Å². The van der Waals surface area contributed by atoms with E-state index in [0.717, 1.165) is 16.7 Å². The first kappa shape index (κ1) is 19.8. The quantitative estimate of drug-likeness (QED) is 0.687. The molecule has 1 atom stereocenters. The first-order valence-corrected chi connectivity index (χ1v) is 9.98. The van der Waals surface area contributed by atoms with Crippen LogP contribution < -0.4 is 5.73 Å². The summed E-state index contributed by atoms with van der Waals surface area (Å²) in [7, 11) is 0. The second kappa shape index (κ2) is 8.11. The minimum absolute atomic E-state index is 0.134. The normalized spacial score (nSPS) is 16.4. The van der Waals surface area contributed by atoms with Gasteiger partial charge in [-0.1, -0.05) is 72.8 Å². The number of primary amides is 1. The van der Waals surface area contributed by atoms with E-state index in [2.05, 4.69) is 0 Å². The summed E-state index contributed by atoms with van der Waals surface area (Å²) >= 11 is 0. The van der Waals surface area contributed by atoms with Crippen LogP contribution in [0.15, 0.2) is 84.9 Å². The van der Waals surface area contributed by atoms with Crippen LogP contribution in [-0.2, 0) is 21.4 Å². The van der Waals surface area contributed by atoms with E-state index in [1.807, 2.05) is 60.7 Å². The highest BCUT2D eigenvalue weighted by Gasteiger charge is 2.51. The van der Waals surface area contributed by atoms with Crippen LogP contribution >= 0.6 is 0 Å². The Morgan fingerprint density at radius 2 is 1.47 bits per heavy atom. The Morgan fingerprint density at radius 3 is 1.97 bits per heavy atom. The van der Waals surface area contributed by atoms with Crippen molar-refractivity contribution in [2.75, 3.05) is 6.54 Å². The van der Waals surface area contributed by atoms with Gasteiger partial charge < -0.3 is 10.6 Å². The summed E-state index contributed by atoms with van der Waals surface area (Å²) in [5.74, 6) is -1.05. The molecular weight excluding hydrogens is 379 g/mol. The van der Waals surface area contributed by atoms with Gasteiger partial charge >= 0.3 is 0 Å². The maximum atomic E-state index is 13.9. The lowest BCUT2D eigenvalue weighted by Gasteiger charge is -2.31. The van der Waals surface area contributed by atoms with Crippen LogP contribution in [0.2, 0.25) is 0 Å². The number of carbonyl (C=O) groups excluding carboxylic acids is 2. The van der Waals surface area contributed by atoms with Crippen molar-refractivity contribution < 1.29 is 14.0 Å². The van der Waals surface area contributed by atoms with Crippen molar-refractivity contribution in [3.8, 4) is 0 Å². The average molecular weight is 402 g/mol. The van der Waals surface area contributed by atoms with E-state index in [1.54, 1.807) is 17.0 Å². The SMILES string of the molecule is NC(=O)C(Cc1ccc(F)cc1)N1CCC(c2ccccc2)(c2ccccc2)C1=O. The minimum atomic E-state index is -0.862. The van der Waals surface area contributed by atoms with E-state index in [-0.39, 0.29) is 18.1 Å². The van der Waals surface area contributed by atoms with Crippen molar-refractivity contribution in [3.05, 3.63) is 107 Å². The Balaban J connectivity index is 1.73. The van der Waals surface area contributed by atoms with Gasteiger partial charge in [0.05, 0.1) is 0 Å². The molecule has 152 valence electrons. The van der Waals surface area contributed by atoms with E-state index in [9.17, 15) is 14.0 Å². The lowest BCUT2D eigenvalue weighted by atomic mass is 9.73. The predicted molar refractivity (Wildman–Crippen MR) is 113 cm³/mol. The molecule has 5 heteroatoms. The number of nitrogens with two attached hydrogens (primary N) is 1. The van der Waals surface area contributed by atoms with Crippen molar-refractivity contribution in [2.24, 2.45) is 5.73 Å². The van der Waals surface area contributed by atoms with Crippen LogP contribution in [0.4, 0.5) is 4.39 Å². The molecule has 1 heterocycles. The molecule has 0 radical (unpaired) electrons. The highest BCUT2D eigenvalue weighted by atomic mass is 19.1. The largest absolute Gasteiger partial charge is 0.368 e. The number of amides is 2. The number of carbonyl (C=O) groups is 2. The molecule has 1 fully saturated rings. The zero-order valence-corrected chi connectivity index (χ0v) is 16.5. The molecule has 4 rings (SSSR count). The van der Waals surface area contributed by atoms with E-state index < -0.39 is 17.4 Å². The molecule has 2 N–H and O–H groups in total. The molecule has 4 nitrogen and oxygen atoms in total. The second-order valence-corrected chi connectivity index (χ2v) is 7.63. The van der Waals surface area contributed by atoms with Gasteiger partial charge in [-0.05, 0) is 35.2 Å². The topological polar surface area (TPSA) is 63.4 Å². The predicted octanol–water partition coefficient (Wildman–Crippen LogP) is 3.44. The summed E-state index contributed by atoms with van der Waals surface area (Å²) in [6, 6.07) is 24.4. The van der Waals surface area contributed by atoms with Crippen molar-refractivity contribution in [1.29, 1.82) is 0 Å². The second-order valence-electron chi connectivity index (χ2n) is 7.63. The van der Waals surface area contributed by atoms with Crippen LogP contribution in [0.5, 0.6) is 0 Å². The van der Waals surface area contributed by atoms with Crippen molar-refractivity contribution in [3.63, 3.8) is 0 Å². The summed E-state index contributed by atoms with van der Waals surface area (Å²) in [6.45, 7) is 0.414. The summed E-state index contributed by atoms with van der Waals surface area (Å²) in [5.41, 5.74) is 7.40. The number of likely N-dealkylation sites (tertiary alicyclic amines) is 1. The van der Waals surface area contributed by atoms with Gasteiger partial charge in [-0.25, -0.2) is 4.39 Å². The molecule has 1 aliphatic heterocycles. The molecule has 3 aromatic carbocycles. The zero-order chi connectivity index (χ0) is 21.1. The maximum absolute atomic E-state index is 13.9. The standard InChI is InChI=1S/C25H23FN2O2/c26-21-13-11-18(12-14-21)17-22(23(27)29)28-16-15-25(24(28)30,19-7-3-1-4-8-19)20-9-5-2-6-10-20/h1-14,22H,15-17H2,(H2,27,29). The molecular formula is C25H23FN2O2. The fourth-order valence-corrected chi connectivity index (χ4v) is 4.39. The highest BCUT2D eigenvalue weighted by molar-refractivity contribution is 5.97. The van der Waals surface area contributed by atoms with E-state index in [1.165, 1.54) is 12.1 Å². The van der Waals surface area contributed by atoms with E-state index in [4.69, 9.17) is 5.73 Å². The third kappa shape index (κ3) is 3.47. The first-order chi connectivity index (χ1) is 14.5. The minimum Gasteiger partial charge on any atom is -0.368 e.